The van der Waals surface area contributed by atoms with Gasteiger partial charge in [-0.15, -0.1) is 0 Å². The van der Waals surface area contributed by atoms with Gasteiger partial charge in [0.05, 0.1) is 19.9 Å². The van der Waals surface area contributed by atoms with E-state index in [1.165, 1.54) is 6.21 Å². The highest BCUT2D eigenvalue weighted by Gasteiger charge is 2.25. The quantitative estimate of drug-likeness (QED) is 0.634. The van der Waals surface area contributed by atoms with Gasteiger partial charge in [0.25, 0.3) is 0 Å². The number of methoxy groups -OCH3 is 1. The lowest BCUT2D eigenvalue weighted by molar-refractivity contribution is -0.118. The smallest absolute Gasteiger partial charge is 0.344 e. The van der Waals surface area contributed by atoms with Crippen molar-refractivity contribution in [2.75, 3.05) is 20.3 Å². The van der Waals surface area contributed by atoms with Crippen LogP contribution in [0.1, 0.15) is 18.9 Å². The Morgan fingerprint density at radius 1 is 1.38 bits per heavy atom. The maximum absolute atomic E-state index is 11.3. The molecule has 1 aromatic rings. The largest absolute Gasteiger partial charge is 0.493 e. The van der Waals surface area contributed by atoms with Gasteiger partial charge in [-0.1, -0.05) is 6.92 Å². The van der Waals surface area contributed by atoms with E-state index in [2.05, 4.69) is 10.4 Å². The third-order valence-corrected chi connectivity index (χ3v) is 2.77. The minimum absolute atomic E-state index is 0.0653. The number of imide groups is 1. The van der Waals surface area contributed by atoms with Crippen molar-refractivity contribution in [2.45, 2.75) is 13.3 Å². The van der Waals surface area contributed by atoms with Crippen LogP contribution in [0.2, 0.25) is 0 Å². The first-order chi connectivity index (χ1) is 10.1. The summed E-state index contributed by atoms with van der Waals surface area (Å²) in [4.78, 5) is 22.4. The molecule has 0 aromatic heterocycles. The first kappa shape index (κ1) is 14.8. The number of nitrogens with zero attached hydrogens (tertiary/aromatic N) is 2. The second kappa shape index (κ2) is 6.74. The molecule has 0 saturated carbocycles. The summed E-state index contributed by atoms with van der Waals surface area (Å²) in [5.74, 6) is 0.887. The van der Waals surface area contributed by atoms with E-state index in [4.69, 9.17) is 9.47 Å². The fourth-order valence-corrected chi connectivity index (χ4v) is 1.76. The minimum atomic E-state index is -0.522. The second-order valence-corrected chi connectivity index (χ2v) is 4.41. The number of hydrogen-bond donors (Lipinski definition) is 1. The lowest BCUT2D eigenvalue weighted by Gasteiger charge is -2.10. The number of hydrogen-bond acceptors (Lipinski definition) is 5. The van der Waals surface area contributed by atoms with Crippen molar-refractivity contribution >= 4 is 18.2 Å². The van der Waals surface area contributed by atoms with Crippen molar-refractivity contribution in [1.82, 2.24) is 10.3 Å². The van der Waals surface area contributed by atoms with Gasteiger partial charge in [0.2, 0.25) is 5.91 Å². The van der Waals surface area contributed by atoms with Crippen molar-refractivity contribution < 1.29 is 19.1 Å². The Bertz CT molecular complexity index is 571. The Balaban J connectivity index is 2.10. The van der Waals surface area contributed by atoms with Crippen LogP contribution in [-0.4, -0.2) is 43.4 Å². The zero-order valence-electron chi connectivity index (χ0n) is 12.0. The van der Waals surface area contributed by atoms with Crippen LogP contribution in [0.3, 0.4) is 0 Å². The molecule has 1 aromatic carbocycles. The summed E-state index contributed by atoms with van der Waals surface area (Å²) in [6.07, 6.45) is 2.40. The third-order valence-electron chi connectivity index (χ3n) is 2.77. The molecule has 1 N–H and O–H groups in total. The number of hydrazone groups is 1. The molecule has 7 heteroatoms. The molecule has 7 nitrogen and oxygen atoms in total. The number of benzene rings is 1. The number of carbonyl (C=O) groups is 2. The first-order valence-corrected chi connectivity index (χ1v) is 6.60. The van der Waals surface area contributed by atoms with Crippen molar-refractivity contribution in [3.8, 4) is 11.5 Å². The van der Waals surface area contributed by atoms with E-state index >= 15 is 0 Å². The van der Waals surface area contributed by atoms with Crippen LogP contribution in [0.4, 0.5) is 4.79 Å². The Morgan fingerprint density at radius 3 is 2.81 bits per heavy atom. The van der Waals surface area contributed by atoms with E-state index in [0.29, 0.717) is 18.1 Å². The molecule has 0 aliphatic carbocycles. The van der Waals surface area contributed by atoms with Crippen molar-refractivity contribution in [1.29, 1.82) is 0 Å². The van der Waals surface area contributed by atoms with Crippen LogP contribution in [-0.2, 0) is 4.79 Å². The highest BCUT2D eigenvalue weighted by atomic mass is 16.5. The lowest BCUT2D eigenvalue weighted by Crippen LogP contribution is -2.24. The summed E-state index contributed by atoms with van der Waals surface area (Å²) >= 11 is 0. The molecular formula is C14H17N3O4. The van der Waals surface area contributed by atoms with Crippen molar-refractivity contribution in [3.63, 3.8) is 0 Å². The molecule has 112 valence electrons. The van der Waals surface area contributed by atoms with Crippen LogP contribution in [0.25, 0.3) is 0 Å². The lowest BCUT2D eigenvalue weighted by atomic mass is 10.2. The predicted molar refractivity (Wildman–Crippen MR) is 76.6 cm³/mol. The number of nitrogens with one attached hydrogen (secondary N) is 1. The molecule has 1 heterocycles. The number of amides is 3. The Kier molecular flexibility index (Phi) is 4.76. The monoisotopic (exact) mass is 291 g/mol. The normalized spacial score (nSPS) is 14.7. The van der Waals surface area contributed by atoms with E-state index < -0.39 is 6.03 Å². The van der Waals surface area contributed by atoms with Gasteiger partial charge in [-0.3, -0.25) is 10.1 Å². The molecule has 21 heavy (non-hydrogen) atoms. The van der Waals surface area contributed by atoms with E-state index in [1.54, 1.807) is 25.3 Å². The highest BCUT2D eigenvalue weighted by molar-refractivity contribution is 6.02. The van der Waals surface area contributed by atoms with Crippen LogP contribution < -0.4 is 14.8 Å². The van der Waals surface area contributed by atoms with Crippen LogP contribution in [0.15, 0.2) is 23.3 Å². The van der Waals surface area contributed by atoms with Crippen LogP contribution >= 0.6 is 0 Å². The van der Waals surface area contributed by atoms with Crippen LogP contribution in [0, 0.1) is 0 Å². The molecule has 3 amide bonds. The summed E-state index contributed by atoms with van der Waals surface area (Å²) in [6.45, 7) is 2.57. The molecule has 1 aliphatic rings. The third kappa shape index (κ3) is 3.71. The van der Waals surface area contributed by atoms with E-state index in [0.717, 1.165) is 17.0 Å². The topological polar surface area (TPSA) is 80.2 Å². The summed E-state index contributed by atoms with van der Waals surface area (Å²) < 4.78 is 10.8. The van der Waals surface area contributed by atoms with Gasteiger partial charge in [0, 0.05) is 0 Å². The average Bonchev–Trinajstić information content (AvgIpc) is 2.81. The van der Waals surface area contributed by atoms with Gasteiger partial charge in [-0.05, 0) is 30.2 Å². The molecule has 1 aliphatic heterocycles. The van der Waals surface area contributed by atoms with Crippen molar-refractivity contribution in [3.05, 3.63) is 23.8 Å². The number of ether oxygens (including phenoxy) is 2. The highest BCUT2D eigenvalue weighted by Crippen LogP contribution is 2.27. The maximum Gasteiger partial charge on any atom is 0.344 e. The van der Waals surface area contributed by atoms with Gasteiger partial charge >= 0.3 is 6.03 Å². The molecule has 1 fully saturated rings. The Labute approximate surface area is 122 Å². The molecule has 0 unspecified atom stereocenters. The van der Waals surface area contributed by atoms with E-state index in [1.807, 2.05) is 6.92 Å². The van der Waals surface area contributed by atoms with Gasteiger partial charge in [0.15, 0.2) is 11.5 Å². The van der Waals surface area contributed by atoms with Gasteiger partial charge < -0.3 is 9.47 Å². The SMILES string of the molecule is CCCOc1ccc(C=NN2CC(=O)NC2=O)cc1OC. The summed E-state index contributed by atoms with van der Waals surface area (Å²) in [5.41, 5.74) is 0.739. The maximum atomic E-state index is 11.3. The molecular weight excluding hydrogens is 274 g/mol. The molecule has 0 radical (unpaired) electrons. The first-order valence-electron chi connectivity index (χ1n) is 6.60. The molecule has 0 spiro atoms. The van der Waals surface area contributed by atoms with E-state index in [-0.39, 0.29) is 12.5 Å². The zero-order valence-corrected chi connectivity index (χ0v) is 12.0. The number of rotatable bonds is 6. The van der Waals surface area contributed by atoms with Crippen LogP contribution in [0.5, 0.6) is 11.5 Å². The molecule has 0 bridgehead atoms. The zero-order chi connectivity index (χ0) is 15.2. The molecule has 0 atom stereocenters. The predicted octanol–water partition coefficient (Wildman–Crippen LogP) is 1.37. The average molecular weight is 291 g/mol. The molecule has 1 saturated heterocycles. The fourth-order valence-electron chi connectivity index (χ4n) is 1.76. The van der Waals surface area contributed by atoms with Crippen molar-refractivity contribution in [2.24, 2.45) is 5.10 Å². The van der Waals surface area contributed by atoms with Gasteiger partial charge in [-0.2, -0.15) is 5.10 Å². The summed E-state index contributed by atoms with van der Waals surface area (Å²) in [5, 5.41) is 7.18. The number of urea groups is 1. The summed E-state index contributed by atoms with van der Waals surface area (Å²) in [7, 11) is 1.56. The number of carbonyl (C=O) groups excluding carboxylic acids is 2. The minimum Gasteiger partial charge on any atom is -0.493 e. The van der Waals surface area contributed by atoms with Gasteiger partial charge in [0.1, 0.15) is 6.54 Å². The van der Waals surface area contributed by atoms with Gasteiger partial charge in [-0.25, -0.2) is 9.80 Å². The standard InChI is InChI=1S/C14H17N3O4/c1-3-6-21-11-5-4-10(7-12(11)20-2)8-15-17-9-13(18)16-14(17)19/h4-5,7-8H,3,6,9H2,1-2H3,(H,16,18,19). The Hall–Kier alpha value is -2.57. The molecule has 2 rings (SSSR count). The second-order valence-electron chi connectivity index (χ2n) is 4.41. The summed E-state index contributed by atoms with van der Waals surface area (Å²) in [6, 6.07) is 4.81. The fraction of sp³-hybridized carbons (Fsp3) is 0.357. The van der Waals surface area contributed by atoms with E-state index in [9.17, 15) is 9.59 Å². The Morgan fingerprint density at radius 2 is 2.19 bits per heavy atom.